The third-order valence-electron chi connectivity index (χ3n) is 31.8. The number of hydrogen-bond acceptors (Lipinski definition) is 23. The molecule has 6 aliphatic heterocycles. The van der Waals surface area contributed by atoms with Crippen molar-refractivity contribution < 1.29 is 111 Å². The average molecular weight is 2060 g/mol. The Morgan fingerprint density at radius 2 is 0.895 bits per heavy atom. The molecule has 143 heavy (non-hydrogen) atoms. The maximum Gasteiger partial charge on any atom is 0.509 e. The van der Waals surface area contributed by atoms with Crippen molar-refractivity contribution in [2.45, 2.75) is 354 Å². The fourth-order valence-corrected chi connectivity index (χ4v) is 24.9. The second-order valence-electron chi connectivity index (χ2n) is 43.0. The number of carbonyl (C=O) groups excluding carboxylic acids is 13. The topological polar surface area (TPSA) is 389 Å². The average Bonchev–Trinajstić information content (AvgIpc) is 1.59. The van der Waals surface area contributed by atoms with Crippen LogP contribution >= 0.6 is 27.2 Å². The van der Waals surface area contributed by atoms with E-state index in [2.05, 4.69) is 37.5 Å². The quantitative estimate of drug-likeness (QED) is 0.0240. The lowest BCUT2D eigenvalue weighted by Gasteiger charge is -2.41. The number of ketones is 4. The smallest absolute Gasteiger partial charge is 0.396 e. The number of carbonyl (C=O) groups is 13. The maximum absolute atomic E-state index is 14.5. The van der Waals surface area contributed by atoms with E-state index in [4.69, 9.17) is 40.2 Å². The number of halogens is 1. The summed E-state index contributed by atoms with van der Waals surface area (Å²) >= 11 is 5.11. The van der Waals surface area contributed by atoms with E-state index in [0.29, 0.717) is 101 Å². The first kappa shape index (κ1) is 123. The van der Waals surface area contributed by atoms with Crippen molar-refractivity contribution in [2.24, 2.45) is 64.6 Å². The number of methoxy groups -OCH3 is 4. The van der Waals surface area contributed by atoms with Gasteiger partial charge in [0.1, 0.15) is 11.6 Å². The molecule has 0 spiro atoms. The van der Waals surface area contributed by atoms with Gasteiger partial charge in [-0.2, -0.15) is 4.89 Å². The number of likely N-dealkylation sites (tertiary alicyclic amines) is 4. The molecule has 8 amide bonds. The molecule has 10 rings (SSSR count). The Morgan fingerprint density at radius 3 is 1.23 bits per heavy atom. The number of ether oxygens (including phenoxy) is 4. The van der Waals surface area contributed by atoms with E-state index in [1.165, 1.54) is 41.2 Å². The van der Waals surface area contributed by atoms with Crippen LogP contribution in [0.4, 0.5) is 0 Å². The van der Waals surface area contributed by atoms with Crippen molar-refractivity contribution in [3.63, 3.8) is 0 Å². The number of nitrogens with zero attached hydrogens (tertiary/aromatic N) is 8. The third kappa shape index (κ3) is 34.3. The molecular weight excluding hydrogens is 1890 g/mol. The Morgan fingerprint density at radius 1 is 0.524 bits per heavy atom. The van der Waals surface area contributed by atoms with E-state index in [-0.39, 0.29) is 182 Å². The van der Waals surface area contributed by atoms with Crippen molar-refractivity contribution in [2.75, 3.05) is 96.0 Å². The minimum absolute atomic E-state index is 0. The Bertz CT molecular complexity index is 4580. The Balaban J connectivity index is 0.000000369. The summed E-state index contributed by atoms with van der Waals surface area (Å²) in [6.45, 7) is 27.1. The van der Waals surface area contributed by atoms with Crippen LogP contribution in [0, 0.1) is 64.6 Å². The number of imide groups is 2. The third-order valence-corrected chi connectivity index (χ3v) is 35.2. The van der Waals surface area contributed by atoms with E-state index in [1.807, 2.05) is 102 Å². The highest BCUT2D eigenvalue weighted by atomic mass is 35.5. The molecule has 0 radical (unpaired) electrons. The van der Waals surface area contributed by atoms with Crippen molar-refractivity contribution in [3.05, 3.63) is 96.1 Å². The molecule has 34 heteroatoms. The first-order valence-electron chi connectivity index (χ1n) is 52.5. The minimum Gasteiger partial charge on any atom is -0.396 e. The number of Topliss-reactive ketones (excluding diaryl/α,β-unsaturated/α-hetero) is 4. The largest absolute Gasteiger partial charge is 0.509 e. The van der Waals surface area contributed by atoms with Gasteiger partial charge in [0.25, 0.3) is 23.6 Å². The summed E-state index contributed by atoms with van der Waals surface area (Å²) in [5, 5.41) is 8.25. The summed E-state index contributed by atoms with van der Waals surface area (Å²) in [5.41, 5.74) is -0.431. The molecule has 2 unspecified atom stereocenters. The normalized spacial score (nSPS) is 23.4. The highest BCUT2D eigenvalue weighted by Crippen LogP contribution is 2.52. The van der Waals surface area contributed by atoms with Crippen LogP contribution in [0.3, 0.4) is 0 Å². The van der Waals surface area contributed by atoms with Gasteiger partial charge in [0.2, 0.25) is 28.9 Å². The van der Waals surface area contributed by atoms with Crippen LogP contribution < -0.4 is 0 Å². The number of amides is 8. The molecule has 6 fully saturated rings. The number of aliphatic hydroxyl groups excluding tert-OH is 1. The molecule has 0 aromatic heterocycles. The van der Waals surface area contributed by atoms with Crippen LogP contribution in [0.25, 0.3) is 0 Å². The second kappa shape index (κ2) is 59.1. The van der Waals surface area contributed by atoms with E-state index in [0.717, 1.165) is 94.6 Å². The van der Waals surface area contributed by atoms with Crippen molar-refractivity contribution in [1.29, 1.82) is 0 Å². The Hall–Kier alpha value is -7.35. The molecule has 4 saturated heterocycles. The number of unbranched alkanes of at least 4 members (excludes halogenated alkanes) is 6. The molecule has 2 aromatic carbocycles. The molecule has 6 heterocycles. The first-order chi connectivity index (χ1) is 67.7. The fourth-order valence-electron chi connectivity index (χ4n) is 22.7. The van der Waals surface area contributed by atoms with Crippen LogP contribution in [-0.4, -0.2) is 310 Å². The zero-order chi connectivity index (χ0) is 106. The monoisotopic (exact) mass is 2060 g/mol. The Kier molecular flexibility index (Phi) is 50.7. The van der Waals surface area contributed by atoms with Gasteiger partial charge in [-0.05, 0) is 173 Å². The number of hydrogen-bond donors (Lipinski definition) is 3. The molecule has 3 N–H and O–H groups in total. The molecule has 2 aromatic rings. The maximum atomic E-state index is 14.5. The second-order valence-corrected chi connectivity index (χ2v) is 46.8. The van der Waals surface area contributed by atoms with E-state index < -0.39 is 93.2 Å². The fraction of sp³-hybridized carbons (Fsp3) is 0.734. The molecule has 804 valence electrons. The predicted molar refractivity (Wildman–Crippen MR) is 554 cm³/mol. The van der Waals surface area contributed by atoms with Crippen LogP contribution in [0.1, 0.15) is 270 Å². The Labute approximate surface area is 859 Å². The van der Waals surface area contributed by atoms with Crippen molar-refractivity contribution in [1.82, 2.24) is 39.2 Å². The van der Waals surface area contributed by atoms with Gasteiger partial charge in [-0.3, -0.25) is 86.5 Å². The highest BCUT2D eigenvalue weighted by molar-refractivity contribution is 7.53. The summed E-state index contributed by atoms with van der Waals surface area (Å²) in [7, 11) is 6.97. The molecule has 31 nitrogen and oxygen atoms in total. The summed E-state index contributed by atoms with van der Waals surface area (Å²) in [5.74, 6) is -3.44. The number of aliphatic hydroxyl groups is 1. The number of piperidine rings is 2. The number of rotatable bonds is 56. The molecule has 8 aliphatic rings. The van der Waals surface area contributed by atoms with E-state index in [9.17, 15) is 81.2 Å². The van der Waals surface area contributed by atoms with Crippen molar-refractivity contribution in [3.8, 4) is 0 Å². The van der Waals surface area contributed by atoms with Crippen LogP contribution in [-0.2, 0) is 108 Å². The van der Waals surface area contributed by atoms with Crippen LogP contribution in [0.5, 0.6) is 0 Å². The minimum atomic E-state index is -4.32. The molecule has 2 saturated carbocycles. The molecule has 4 bridgehead atoms. The standard InChI is InChI=1S/C52H81N4O11P.C42H66N3O8P.C10H15NO3.C5H9ClO.H2/c1-10-35(4)49(54(7)52(62)41(34(2)3)32-44(58)50-38-22-23-39(30-38)53(50)6)45(65-8)33-48(61)55-27-18-21-42(55)51(66-9)36(5)43(57)31-40(29-37-19-14-13-15-20-37)68(63,64)67-28-17-12-11-16-26-56-46(59)24-25-47(56)60;1-10-27(4)39(44(7)42(49)33(26(2)3)24-36(47)40-30-18-19-31(22-30)43(40)6)37(52-8)25-38(48)45-20-14-17-34(45)41(53-9)28(5)35(46)23-32(54(50)51)21-29-15-12-11-13-16-29;12-8-4-2-1-3-7-11-9(13)5-6-10(11)14;1-5(2,3)4(6)7;/h13-15,19-20,24-25,34-36,38-42,45,49-51H,10-12,16-18,21-23,26-33H2,1-9H3,(H,63,64);11-13,15-16,26-28,30-34,37,39-41H,10,14,17-25H2,1-9H3;5-6,12H,1-4,7-8H2;1-3H3;1H/p+1/t35-,36-,38-,39+,40+,41-,42-,45+,49-,50-,51+;27-,28-,30-,31+,32+,33-,34-,37+,39-,40-,41+;;;/m00.../s1. The molecular formula is C109H174ClN8O23P2+. The van der Waals surface area contributed by atoms with Gasteiger partial charge in [0, 0.05) is 168 Å². The number of benzene rings is 2. The van der Waals surface area contributed by atoms with E-state index >= 15 is 0 Å². The number of likely N-dealkylation sites (N-methyl/N-ethyl adjacent to an activating group) is 4. The summed E-state index contributed by atoms with van der Waals surface area (Å²) in [4.78, 5) is 205. The van der Waals surface area contributed by atoms with Crippen LogP contribution in [0.2, 0.25) is 0 Å². The van der Waals surface area contributed by atoms with Gasteiger partial charge in [-0.1, -0.05) is 189 Å². The molecule has 24 atom stereocenters. The lowest BCUT2D eigenvalue weighted by atomic mass is 9.83. The van der Waals surface area contributed by atoms with Gasteiger partial charge in [0.15, 0.2) is 17.2 Å². The van der Waals surface area contributed by atoms with Crippen LogP contribution in [0.15, 0.2) is 85.0 Å². The lowest BCUT2D eigenvalue weighted by molar-refractivity contribution is -0.149. The van der Waals surface area contributed by atoms with Gasteiger partial charge >= 0.3 is 15.6 Å². The summed E-state index contributed by atoms with van der Waals surface area (Å²) in [6, 6.07) is 17.6. The lowest BCUT2D eigenvalue weighted by Crippen LogP contribution is -2.54. The van der Waals surface area contributed by atoms with Gasteiger partial charge in [-0.15, -0.1) is 0 Å². The summed E-state index contributed by atoms with van der Waals surface area (Å²) in [6.07, 6.45) is 19.8. The molecule has 2 aliphatic carbocycles. The van der Waals surface area contributed by atoms with E-state index in [1.54, 1.807) is 89.6 Å². The highest BCUT2D eigenvalue weighted by Gasteiger charge is 2.53. The zero-order valence-electron chi connectivity index (χ0n) is 89.3. The van der Waals surface area contributed by atoms with Gasteiger partial charge < -0.3 is 53.1 Å². The van der Waals surface area contributed by atoms with Gasteiger partial charge in [0.05, 0.1) is 92.2 Å². The number of fused-ring (bicyclic) bond motifs is 4. The first-order valence-corrected chi connectivity index (χ1v) is 55.9. The van der Waals surface area contributed by atoms with Gasteiger partial charge in [-0.25, -0.2) is 0 Å². The zero-order valence-corrected chi connectivity index (χ0v) is 91.9. The predicted octanol–water partition coefficient (Wildman–Crippen LogP) is 15.3. The SMILES string of the molecule is CC(C)(C)C(=O)Cl.CC[C@H](C)[C@@H]([C@@H](CC(=O)N1CCC[C@H]1[C@H](OC)[C@@H](C)C(=O)C[C@@H](Cc1ccccc1)P(=O)(O)OCCCCCCN1C(=O)C=CC1=O)OC)N(C)C(=O)[C@@H](CC(=O)[C@@H]1[C@H]2CC[C@H](C2)N1C)C(C)C.CC[C@H](C)[C@@H]([C@@H](CC(=O)N1CCC[C@H]1[C@H](OC)[C@@H](C)C(=O)C[C@@H](Cc1ccccc1)[P+](=O)O)OC)N(C)C(=O)[C@@H](CC(=O)[C@@H]1[C@H]2CC[C@H](C2)N1C)C(C)C.O=C1C=CC(=O)N1CCCCCCO.[HH]. The summed E-state index contributed by atoms with van der Waals surface area (Å²) < 4.78 is 56.1. The van der Waals surface area contributed by atoms with Crippen molar-refractivity contribution >= 4 is 103 Å².